The fourth-order valence-electron chi connectivity index (χ4n) is 2.31. The van der Waals surface area contributed by atoms with Crippen molar-refractivity contribution < 1.29 is 9.18 Å². The number of hydrogen-bond donors (Lipinski definition) is 1. The van der Waals surface area contributed by atoms with Crippen molar-refractivity contribution in [2.24, 2.45) is 0 Å². The fourth-order valence-corrected chi connectivity index (χ4v) is 2.31. The second-order valence-corrected chi connectivity index (χ2v) is 4.84. The van der Waals surface area contributed by atoms with Gasteiger partial charge in [-0.1, -0.05) is 6.42 Å². The Bertz CT molecular complexity index is 399. The van der Waals surface area contributed by atoms with Crippen LogP contribution in [0.3, 0.4) is 0 Å². The Morgan fingerprint density at radius 2 is 2.11 bits per heavy atom. The van der Waals surface area contributed by atoms with Crippen molar-refractivity contribution >= 4 is 5.91 Å². The van der Waals surface area contributed by atoms with Crippen LogP contribution >= 0.6 is 0 Å². The standard InChI is InChI=1S/C14H19FN2O/c1-17(10-13-4-2-3-9-16-13)14(18)11-5-7-12(15)8-6-11/h5-8,13,16H,2-4,9-10H2,1H3. The van der Waals surface area contributed by atoms with E-state index in [0.717, 1.165) is 13.0 Å². The summed E-state index contributed by atoms with van der Waals surface area (Å²) in [4.78, 5) is 13.8. The van der Waals surface area contributed by atoms with Crippen molar-refractivity contribution in [3.8, 4) is 0 Å². The van der Waals surface area contributed by atoms with E-state index >= 15 is 0 Å². The number of benzene rings is 1. The third kappa shape index (κ3) is 3.29. The minimum absolute atomic E-state index is 0.0534. The van der Waals surface area contributed by atoms with Gasteiger partial charge >= 0.3 is 0 Å². The summed E-state index contributed by atoms with van der Waals surface area (Å²) in [6.07, 6.45) is 3.55. The van der Waals surface area contributed by atoms with Crippen LogP contribution in [0.25, 0.3) is 0 Å². The Balaban J connectivity index is 1.93. The molecule has 1 N–H and O–H groups in total. The van der Waals surface area contributed by atoms with E-state index in [0.29, 0.717) is 18.2 Å². The highest BCUT2D eigenvalue weighted by Gasteiger charge is 2.18. The molecular weight excluding hydrogens is 231 g/mol. The van der Waals surface area contributed by atoms with Gasteiger partial charge in [-0.3, -0.25) is 4.79 Å². The van der Waals surface area contributed by atoms with E-state index in [-0.39, 0.29) is 11.7 Å². The minimum atomic E-state index is -0.317. The highest BCUT2D eigenvalue weighted by molar-refractivity contribution is 5.94. The average Bonchev–Trinajstić information content (AvgIpc) is 2.40. The maximum Gasteiger partial charge on any atom is 0.253 e. The molecule has 18 heavy (non-hydrogen) atoms. The zero-order chi connectivity index (χ0) is 13.0. The van der Waals surface area contributed by atoms with Gasteiger partial charge in [0.1, 0.15) is 5.82 Å². The number of carbonyl (C=O) groups is 1. The first kappa shape index (κ1) is 13.0. The summed E-state index contributed by atoms with van der Waals surface area (Å²) in [6.45, 7) is 1.74. The second kappa shape index (κ2) is 5.96. The van der Waals surface area contributed by atoms with Crippen molar-refractivity contribution in [2.75, 3.05) is 20.1 Å². The Labute approximate surface area is 107 Å². The molecule has 0 radical (unpaired) electrons. The largest absolute Gasteiger partial charge is 0.340 e. The number of carbonyl (C=O) groups excluding carboxylic acids is 1. The number of halogens is 1. The van der Waals surface area contributed by atoms with Crippen molar-refractivity contribution in [3.05, 3.63) is 35.6 Å². The molecule has 3 nitrogen and oxygen atoms in total. The fraction of sp³-hybridized carbons (Fsp3) is 0.500. The third-order valence-electron chi connectivity index (χ3n) is 3.34. The molecule has 1 saturated heterocycles. The number of rotatable bonds is 3. The number of hydrogen-bond acceptors (Lipinski definition) is 2. The van der Waals surface area contributed by atoms with Gasteiger partial charge in [0, 0.05) is 25.2 Å². The molecule has 0 spiro atoms. The Morgan fingerprint density at radius 1 is 1.39 bits per heavy atom. The first-order chi connectivity index (χ1) is 8.66. The van der Waals surface area contributed by atoms with Crippen LogP contribution < -0.4 is 5.32 Å². The van der Waals surface area contributed by atoms with E-state index in [1.165, 1.54) is 37.1 Å². The molecule has 4 heteroatoms. The molecule has 0 aliphatic carbocycles. The quantitative estimate of drug-likeness (QED) is 0.890. The van der Waals surface area contributed by atoms with Gasteiger partial charge in [0.25, 0.3) is 5.91 Å². The normalized spacial score (nSPS) is 19.6. The van der Waals surface area contributed by atoms with Crippen molar-refractivity contribution in [1.29, 1.82) is 0 Å². The molecule has 1 unspecified atom stereocenters. The predicted molar refractivity (Wildman–Crippen MR) is 69.0 cm³/mol. The zero-order valence-corrected chi connectivity index (χ0v) is 10.7. The van der Waals surface area contributed by atoms with E-state index in [9.17, 15) is 9.18 Å². The monoisotopic (exact) mass is 250 g/mol. The van der Waals surface area contributed by atoms with Gasteiger partial charge in [0.2, 0.25) is 0 Å². The lowest BCUT2D eigenvalue weighted by Crippen LogP contribution is -2.44. The van der Waals surface area contributed by atoms with E-state index in [1.807, 2.05) is 0 Å². The van der Waals surface area contributed by atoms with Crippen LogP contribution in [-0.2, 0) is 0 Å². The van der Waals surface area contributed by atoms with E-state index < -0.39 is 0 Å². The molecule has 0 saturated carbocycles. The summed E-state index contributed by atoms with van der Waals surface area (Å²) in [5, 5.41) is 3.41. The van der Waals surface area contributed by atoms with Gasteiger partial charge in [-0.2, -0.15) is 0 Å². The van der Waals surface area contributed by atoms with Gasteiger partial charge in [0.05, 0.1) is 0 Å². The molecule has 0 bridgehead atoms. The molecule has 1 heterocycles. The Morgan fingerprint density at radius 3 is 2.72 bits per heavy atom. The van der Waals surface area contributed by atoms with Crippen LogP contribution in [0.4, 0.5) is 4.39 Å². The number of piperidine rings is 1. The maximum atomic E-state index is 12.8. The maximum absolute atomic E-state index is 12.8. The SMILES string of the molecule is CN(CC1CCCCN1)C(=O)c1ccc(F)cc1. The van der Waals surface area contributed by atoms with Gasteiger partial charge < -0.3 is 10.2 Å². The molecule has 1 aliphatic rings. The van der Waals surface area contributed by atoms with Crippen LogP contribution in [0, 0.1) is 5.82 Å². The zero-order valence-electron chi connectivity index (χ0n) is 10.7. The Kier molecular flexibility index (Phi) is 4.31. The van der Waals surface area contributed by atoms with Gasteiger partial charge in [-0.25, -0.2) is 4.39 Å². The highest BCUT2D eigenvalue weighted by atomic mass is 19.1. The molecular formula is C14H19FN2O. The Hall–Kier alpha value is -1.42. The lowest BCUT2D eigenvalue weighted by atomic mass is 10.0. The van der Waals surface area contributed by atoms with Crippen LogP contribution in [0.5, 0.6) is 0 Å². The molecule has 1 atom stereocenters. The van der Waals surface area contributed by atoms with Crippen LogP contribution in [0.15, 0.2) is 24.3 Å². The molecule has 1 aromatic carbocycles. The second-order valence-electron chi connectivity index (χ2n) is 4.84. The van der Waals surface area contributed by atoms with E-state index in [4.69, 9.17) is 0 Å². The molecule has 1 aliphatic heterocycles. The van der Waals surface area contributed by atoms with Crippen LogP contribution in [0.1, 0.15) is 29.6 Å². The van der Waals surface area contributed by atoms with Gasteiger partial charge in [-0.15, -0.1) is 0 Å². The summed E-state index contributed by atoms with van der Waals surface area (Å²) in [5.74, 6) is -0.370. The van der Waals surface area contributed by atoms with Gasteiger partial charge in [0.15, 0.2) is 0 Å². The first-order valence-corrected chi connectivity index (χ1v) is 6.41. The average molecular weight is 250 g/mol. The summed E-state index contributed by atoms with van der Waals surface area (Å²) in [5.41, 5.74) is 0.537. The molecule has 98 valence electrons. The number of nitrogens with one attached hydrogen (secondary N) is 1. The molecule has 1 aromatic rings. The summed E-state index contributed by atoms with van der Waals surface area (Å²) in [7, 11) is 1.79. The predicted octanol–water partition coefficient (Wildman–Crippen LogP) is 2.04. The van der Waals surface area contributed by atoms with Crippen molar-refractivity contribution in [1.82, 2.24) is 10.2 Å². The summed E-state index contributed by atoms with van der Waals surface area (Å²) >= 11 is 0. The summed E-state index contributed by atoms with van der Waals surface area (Å²) in [6, 6.07) is 6.08. The smallest absolute Gasteiger partial charge is 0.253 e. The number of nitrogens with zero attached hydrogens (tertiary/aromatic N) is 1. The molecule has 1 fully saturated rings. The van der Waals surface area contributed by atoms with Crippen molar-refractivity contribution in [2.45, 2.75) is 25.3 Å². The van der Waals surface area contributed by atoms with Crippen molar-refractivity contribution in [3.63, 3.8) is 0 Å². The van der Waals surface area contributed by atoms with Crippen LogP contribution in [0.2, 0.25) is 0 Å². The summed E-state index contributed by atoms with van der Waals surface area (Å²) < 4.78 is 12.8. The van der Waals surface area contributed by atoms with Gasteiger partial charge in [-0.05, 0) is 43.7 Å². The van der Waals surface area contributed by atoms with E-state index in [1.54, 1.807) is 11.9 Å². The molecule has 0 aromatic heterocycles. The highest BCUT2D eigenvalue weighted by Crippen LogP contribution is 2.10. The lowest BCUT2D eigenvalue weighted by molar-refractivity contribution is 0.0775. The lowest BCUT2D eigenvalue weighted by Gasteiger charge is -2.28. The third-order valence-corrected chi connectivity index (χ3v) is 3.34. The first-order valence-electron chi connectivity index (χ1n) is 6.41. The number of likely N-dealkylation sites (N-methyl/N-ethyl adjacent to an activating group) is 1. The minimum Gasteiger partial charge on any atom is -0.340 e. The molecule has 1 amide bonds. The van der Waals surface area contributed by atoms with E-state index in [2.05, 4.69) is 5.32 Å². The number of amides is 1. The molecule has 2 rings (SSSR count). The van der Waals surface area contributed by atoms with Crippen LogP contribution in [-0.4, -0.2) is 37.0 Å². The topological polar surface area (TPSA) is 32.3 Å².